The molecule has 0 bridgehead atoms. The van der Waals surface area contributed by atoms with Gasteiger partial charge in [0.05, 0.1) is 7.11 Å². The predicted octanol–water partition coefficient (Wildman–Crippen LogP) is 0.100. The molecule has 0 aromatic carbocycles. The van der Waals surface area contributed by atoms with E-state index in [2.05, 4.69) is 15.4 Å². The van der Waals surface area contributed by atoms with Gasteiger partial charge < -0.3 is 20.5 Å². The molecule has 102 valence electrons. The molecule has 1 rings (SSSR count). The van der Waals surface area contributed by atoms with Crippen molar-refractivity contribution >= 4 is 18.0 Å². The topological polar surface area (TPSA) is 105 Å². The molecule has 0 spiro atoms. The molecule has 3 N–H and O–H groups in total. The lowest BCUT2D eigenvalue weighted by molar-refractivity contribution is -0.142. The number of nitrogens with one attached hydrogen (secondary N) is 2. The Bertz CT molecular complexity index is 344. The quantitative estimate of drug-likeness (QED) is 0.586. The molecule has 3 atom stereocenters. The van der Waals surface area contributed by atoms with Gasteiger partial charge in [0.15, 0.2) is 0 Å². The van der Waals surface area contributed by atoms with Crippen LogP contribution < -0.4 is 10.6 Å². The van der Waals surface area contributed by atoms with Crippen LogP contribution in [0.1, 0.15) is 26.2 Å². The summed E-state index contributed by atoms with van der Waals surface area (Å²) >= 11 is 0. The van der Waals surface area contributed by atoms with Crippen molar-refractivity contribution in [2.24, 2.45) is 5.92 Å². The lowest BCUT2D eigenvalue weighted by atomic mass is 10.1. The monoisotopic (exact) mass is 258 g/mol. The number of hydrogen-bond acceptors (Lipinski definition) is 4. The first-order valence-corrected chi connectivity index (χ1v) is 5.80. The number of aliphatic carboxylic acids is 1. The summed E-state index contributed by atoms with van der Waals surface area (Å²) in [4.78, 5) is 33.3. The second kappa shape index (κ2) is 6.23. The molecule has 0 aromatic heterocycles. The molecule has 1 saturated carbocycles. The minimum absolute atomic E-state index is 0.00957. The largest absolute Gasteiger partial charge is 0.480 e. The van der Waals surface area contributed by atoms with Crippen LogP contribution in [-0.4, -0.2) is 42.3 Å². The summed E-state index contributed by atoms with van der Waals surface area (Å²) in [5.74, 6) is -1.23. The lowest BCUT2D eigenvalue weighted by Crippen LogP contribution is -2.47. The van der Waals surface area contributed by atoms with Crippen molar-refractivity contribution in [1.29, 1.82) is 0 Å². The smallest absolute Gasteiger partial charge is 0.326 e. The maximum atomic E-state index is 11.5. The summed E-state index contributed by atoms with van der Waals surface area (Å²) in [6.45, 7) is 2.00. The van der Waals surface area contributed by atoms with Crippen LogP contribution in [0.4, 0.5) is 4.79 Å². The van der Waals surface area contributed by atoms with Crippen molar-refractivity contribution in [3.63, 3.8) is 0 Å². The Morgan fingerprint density at radius 2 is 2.06 bits per heavy atom. The van der Waals surface area contributed by atoms with E-state index < -0.39 is 24.0 Å². The molecule has 0 aromatic rings. The maximum absolute atomic E-state index is 11.5. The Morgan fingerprint density at radius 1 is 1.44 bits per heavy atom. The van der Waals surface area contributed by atoms with Crippen LogP contribution >= 0.6 is 0 Å². The van der Waals surface area contributed by atoms with Crippen molar-refractivity contribution < 1.29 is 24.2 Å². The highest BCUT2D eigenvalue weighted by Crippen LogP contribution is 2.28. The average Bonchev–Trinajstić information content (AvgIpc) is 2.99. The molecule has 2 unspecified atom stereocenters. The van der Waals surface area contributed by atoms with Crippen LogP contribution in [-0.2, 0) is 14.3 Å². The molecular formula is C11H18N2O5. The van der Waals surface area contributed by atoms with E-state index in [4.69, 9.17) is 5.11 Å². The molecular weight excluding hydrogens is 240 g/mol. The van der Waals surface area contributed by atoms with Crippen LogP contribution in [0, 0.1) is 5.92 Å². The third kappa shape index (κ3) is 4.60. The van der Waals surface area contributed by atoms with Crippen molar-refractivity contribution in [3.05, 3.63) is 0 Å². The standard InChI is InChI=1S/C11H18N2O5/c1-6-5-8(6)13-11(17)12-7(10(15)16)3-4-9(14)18-2/h6-8H,3-5H2,1-2H3,(H,15,16)(H2,12,13,17)/t6?,7-,8?/m0/s1. The zero-order valence-electron chi connectivity index (χ0n) is 10.4. The third-order valence-electron chi connectivity index (χ3n) is 2.89. The highest BCUT2D eigenvalue weighted by atomic mass is 16.5. The number of methoxy groups -OCH3 is 1. The van der Waals surface area contributed by atoms with Crippen LogP contribution in [0.5, 0.6) is 0 Å². The number of carbonyl (C=O) groups is 3. The number of ether oxygens (including phenoxy) is 1. The fraction of sp³-hybridized carbons (Fsp3) is 0.727. The van der Waals surface area contributed by atoms with Gasteiger partial charge >= 0.3 is 18.0 Å². The van der Waals surface area contributed by atoms with Crippen molar-refractivity contribution in [2.75, 3.05) is 7.11 Å². The average molecular weight is 258 g/mol. The molecule has 18 heavy (non-hydrogen) atoms. The van der Waals surface area contributed by atoms with E-state index in [0.717, 1.165) is 6.42 Å². The Labute approximate surface area is 105 Å². The summed E-state index contributed by atoms with van der Waals surface area (Å²) in [5, 5.41) is 13.9. The number of rotatable bonds is 6. The number of urea groups is 1. The minimum atomic E-state index is -1.17. The zero-order valence-corrected chi connectivity index (χ0v) is 10.4. The van der Waals surface area contributed by atoms with Crippen LogP contribution in [0.2, 0.25) is 0 Å². The van der Waals surface area contributed by atoms with Crippen molar-refractivity contribution in [2.45, 2.75) is 38.3 Å². The van der Waals surface area contributed by atoms with Crippen LogP contribution in [0.15, 0.2) is 0 Å². The molecule has 1 fully saturated rings. The van der Waals surface area contributed by atoms with Gasteiger partial charge in [0, 0.05) is 12.5 Å². The van der Waals surface area contributed by atoms with Gasteiger partial charge in [0.2, 0.25) is 0 Å². The highest BCUT2D eigenvalue weighted by molar-refractivity contribution is 5.83. The first kappa shape index (κ1) is 14.3. The van der Waals surface area contributed by atoms with Gasteiger partial charge in [-0.05, 0) is 18.8 Å². The second-order valence-corrected chi connectivity index (χ2v) is 4.44. The van der Waals surface area contributed by atoms with Gasteiger partial charge in [-0.25, -0.2) is 9.59 Å². The van der Waals surface area contributed by atoms with Gasteiger partial charge in [0.1, 0.15) is 6.04 Å². The van der Waals surface area contributed by atoms with E-state index in [1.165, 1.54) is 7.11 Å². The number of carbonyl (C=O) groups excluding carboxylic acids is 2. The molecule has 0 heterocycles. The van der Waals surface area contributed by atoms with E-state index in [1.54, 1.807) is 0 Å². The summed E-state index contributed by atoms with van der Waals surface area (Å²) in [7, 11) is 1.23. The van der Waals surface area contributed by atoms with Crippen molar-refractivity contribution in [1.82, 2.24) is 10.6 Å². The van der Waals surface area contributed by atoms with Crippen molar-refractivity contribution in [3.8, 4) is 0 Å². The fourth-order valence-electron chi connectivity index (χ4n) is 1.51. The molecule has 1 aliphatic rings. The molecule has 2 amide bonds. The van der Waals surface area contributed by atoms with E-state index in [1.807, 2.05) is 6.92 Å². The van der Waals surface area contributed by atoms with Gasteiger partial charge in [-0.3, -0.25) is 4.79 Å². The first-order chi connectivity index (χ1) is 8.43. The van der Waals surface area contributed by atoms with Gasteiger partial charge in [-0.1, -0.05) is 6.92 Å². The van der Waals surface area contributed by atoms with Gasteiger partial charge in [-0.15, -0.1) is 0 Å². The van der Waals surface area contributed by atoms with E-state index in [-0.39, 0.29) is 18.9 Å². The number of carboxylic acid groups (broad SMARTS) is 1. The minimum Gasteiger partial charge on any atom is -0.480 e. The maximum Gasteiger partial charge on any atom is 0.326 e. The Morgan fingerprint density at radius 3 is 2.50 bits per heavy atom. The Hall–Kier alpha value is -1.79. The van der Waals surface area contributed by atoms with E-state index in [9.17, 15) is 14.4 Å². The second-order valence-electron chi connectivity index (χ2n) is 4.44. The molecule has 7 heteroatoms. The van der Waals surface area contributed by atoms with Crippen LogP contribution in [0.3, 0.4) is 0 Å². The zero-order chi connectivity index (χ0) is 13.7. The van der Waals surface area contributed by atoms with Crippen LogP contribution in [0.25, 0.3) is 0 Å². The molecule has 7 nitrogen and oxygen atoms in total. The van der Waals surface area contributed by atoms with E-state index in [0.29, 0.717) is 5.92 Å². The van der Waals surface area contributed by atoms with E-state index >= 15 is 0 Å². The third-order valence-corrected chi connectivity index (χ3v) is 2.89. The molecule has 0 saturated heterocycles. The Balaban J connectivity index is 2.34. The summed E-state index contributed by atoms with van der Waals surface area (Å²) < 4.78 is 4.41. The summed E-state index contributed by atoms with van der Waals surface area (Å²) in [6, 6.07) is -1.47. The summed E-state index contributed by atoms with van der Waals surface area (Å²) in [6.07, 6.45) is 0.872. The molecule has 1 aliphatic carbocycles. The number of carboxylic acids is 1. The lowest BCUT2D eigenvalue weighted by Gasteiger charge is -2.14. The summed E-state index contributed by atoms with van der Waals surface area (Å²) in [5.41, 5.74) is 0. The highest BCUT2D eigenvalue weighted by Gasteiger charge is 2.34. The molecule has 0 aliphatic heterocycles. The SMILES string of the molecule is COC(=O)CC[C@H](NC(=O)NC1CC1C)C(=O)O. The first-order valence-electron chi connectivity index (χ1n) is 5.80. The number of hydrogen-bond donors (Lipinski definition) is 3. The van der Waals surface area contributed by atoms with Gasteiger partial charge in [-0.2, -0.15) is 0 Å². The predicted molar refractivity (Wildman–Crippen MR) is 61.9 cm³/mol. The van der Waals surface area contributed by atoms with Gasteiger partial charge in [0.25, 0.3) is 0 Å². The fourth-order valence-corrected chi connectivity index (χ4v) is 1.51. The number of esters is 1. The number of amides is 2. The molecule has 0 radical (unpaired) electrons. The Kier molecular flexibility index (Phi) is 4.94. The normalized spacial score (nSPS) is 22.8.